The van der Waals surface area contributed by atoms with Crippen LogP contribution in [0.1, 0.15) is 18.4 Å². The first-order valence-electron chi connectivity index (χ1n) is 7.90. The molecule has 2 aromatic carbocycles. The highest BCUT2D eigenvalue weighted by Gasteiger charge is 2.04. The molecule has 4 heteroatoms. The van der Waals surface area contributed by atoms with Crippen molar-refractivity contribution in [3.05, 3.63) is 60.2 Å². The van der Waals surface area contributed by atoms with Crippen molar-refractivity contribution in [1.29, 1.82) is 0 Å². The number of urea groups is 1. The first kappa shape index (κ1) is 16.9. The van der Waals surface area contributed by atoms with Crippen LogP contribution < -0.4 is 10.1 Å². The number of hydrogen-bond donors (Lipinski definition) is 1. The van der Waals surface area contributed by atoms with Crippen LogP contribution in [0.3, 0.4) is 0 Å². The Labute approximate surface area is 138 Å². The largest absolute Gasteiger partial charge is 0.494 e. The van der Waals surface area contributed by atoms with E-state index < -0.39 is 0 Å². The van der Waals surface area contributed by atoms with Crippen LogP contribution in [0.5, 0.6) is 5.75 Å². The van der Waals surface area contributed by atoms with Crippen LogP contribution in [0.2, 0.25) is 0 Å². The zero-order chi connectivity index (χ0) is 16.5. The number of nitrogens with one attached hydrogen (secondary N) is 1. The molecule has 0 radical (unpaired) electrons. The van der Waals surface area contributed by atoms with Gasteiger partial charge in [0.25, 0.3) is 0 Å². The van der Waals surface area contributed by atoms with Crippen molar-refractivity contribution < 1.29 is 9.53 Å². The van der Waals surface area contributed by atoms with E-state index in [2.05, 4.69) is 29.6 Å². The van der Waals surface area contributed by atoms with Crippen molar-refractivity contribution in [2.24, 2.45) is 0 Å². The van der Waals surface area contributed by atoms with Crippen LogP contribution in [0, 0.1) is 0 Å². The fourth-order valence-electron chi connectivity index (χ4n) is 2.16. The van der Waals surface area contributed by atoms with Crippen LogP contribution in [0.4, 0.5) is 10.5 Å². The zero-order valence-corrected chi connectivity index (χ0v) is 13.8. The van der Waals surface area contributed by atoms with Gasteiger partial charge in [-0.05, 0) is 37.0 Å². The smallest absolute Gasteiger partial charge is 0.321 e. The Balaban J connectivity index is 1.72. The average Bonchev–Trinajstić information content (AvgIpc) is 2.56. The summed E-state index contributed by atoms with van der Waals surface area (Å²) in [7, 11) is 3.42. The number of unbranched alkanes of at least 4 members (excludes halogenated alkanes) is 1. The second kappa shape index (κ2) is 8.83. The van der Waals surface area contributed by atoms with Gasteiger partial charge in [-0.15, -0.1) is 0 Å². The van der Waals surface area contributed by atoms with E-state index in [9.17, 15) is 4.79 Å². The van der Waals surface area contributed by atoms with Gasteiger partial charge in [0.2, 0.25) is 0 Å². The Hall–Kier alpha value is -2.49. The van der Waals surface area contributed by atoms with Gasteiger partial charge >= 0.3 is 6.03 Å². The van der Waals surface area contributed by atoms with E-state index in [0.29, 0.717) is 6.61 Å². The Morgan fingerprint density at radius 3 is 2.57 bits per heavy atom. The SMILES string of the molecule is CN(C)C(=O)Nc1cccc(OCCCCc2ccccc2)c1. The van der Waals surface area contributed by atoms with E-state index in [4.69, 9.17) is 4.74 Å². The Morgan fingerprint density at radius 1 is 1.04 bits per heavy atom. The Bertz CT molecular complexity index is 612. The van der Waals surface area contributed by atoms with Gasteiger partial charge in [0.15, 0.2) is 0 Å². The minimum absolute atomic E-state index is 0.148. The van der Waals surface area contributed by atoms with E-state index in [0.717, 1.165) is 30.7 Å². The molecule has 0 atom stereocenters. The standard InChI is InChI=1S/C19H24N2O2/c1-21(2)19(22)20-17-12-8-13-18(15-17)23-14-7-6-11-16-9-4-3-5-10-16/h3-5,8-10,12-13,15H,6-7,11,14H2,1-2H3,(H,20,22). The lowest BCUT2D eigenvalue weighted by Crippen LogP contribution is -2.27. The van der Waals surface area contributed by atoms with Gasteiger partial charge in [-0.1, -0.05) is 36.4 Å². The first-order valence-corrected chi connectivity index (χ1v) is 7.90. The zero-order valence-electron chi connectivity index (χ0n) is 13.8. The summed E-state index contributed by atoms with van der Waals surface area (Å²) in [5, 5.41) is 2.81. The van der Waals surface area contributed by atoms with Crippen LogP contribution in [0.25, 0.3) is 0 Å². The second-order valence-corrected chi connectivity index (χ2v) is 5.64. The fourth-order valence-corrected chi connectivity index (χ4v) is 2.16. The molecule has 0 aliphatic heterocycles. The van der Waals surface area contributed by atoms with Crippen molar-refractivity contribution >= 4 is 11.7 Å². The molecule has 23 heavy (non-hydrogen) atoms. The number of aryl methyl sites for hydroxylation is 1. The third-order valence-electron chi connectivity index (χ3n) is 3.46. The molecule has 0 bridgehead atoms. The van der Waals surface area contributed by atoms with Crippen LogP contribution >= 0.6 is 0 Å². The van der Waals surface area contributed by atoms with Crippen molar-refractivity contribution in [3.63, 3.8) is 0 Å². The van der Waals surface area contributed by atoms with E-state index in [1.165, 1.54) is 10.5 Å². The van der Waals surface area contributed by atoms with Crippen molar-refractivity contribution in [2.45, 2.75) is 19.3 Å². The molecule has 4 nitrogen and oxygen atoms in total. The quantitative estimate of drug-likeness (QED) is 0.779. The van der Waals surface area contributed by atoms with Crippen molar-refractivity contribution in [3.8, 4) is 5.75 Å². The molecule has 2 rings (SSSR count). The number of benzene rings is 2. The highest BCUT2D eigenvalue weighted by Crippen LogP contribution is 2.18. The number of carbonyl (C=O) groups is 1. The third-order valence-corrected chi connectivity index (χ3v) is 3.46. The number of carbonyl (C=O) groups excluding carboxylic acids is 1. The highest BCUT2D eigenvalue weighted by molar-refractivity contribution is 5.89. The summed E-state index contributed by atoms with van der Waals surface area (Å²) in [6.45, 7) is 0.678. The van der Waals surface area contributed by atoms with Gasteiger partial charge < -0.3 is 15.0 Å². The molecule has 2 aromatic rings. The van der Waals surface area contributed by atoms with E-state index in [-0.39, 0.29) is 6.03 Å². The molecule has 0 aliphatic rings. The van der Waals surface area contributed by atoms with Gasteiger partial charge in [-0.25, -0.2) is 4.79 Å². The molecule has 2 amide bonds. The predicted molar refractivity (Wildman–Crippen MR) is 94.0 cm³/mol. The number of hydrogen-bond acceptors (Lipinski definition) is 2. The predicted octanol–water partition coefficient (Wildman–Crippen LogP) is 4.18. The average molecular weight is 312 g/mol. The molecule has 0 saturated heterocycles. The summed E-state index contributed by atoms with van der Waals surface area (Å²) in [5.74, 6) is 0.779. The topological polar surface area (TPSA) is 41.6 Å². The molecule has 1 N–H and O–H groups in total. The lowest BCUT2D eigenvalue weighted by atomic mass is 10.1. The number of nitrogens with zero attached hydrogens (tertiary/aromatic N) is 1. The van der Waals surface area contributed by atoms with Gasteiger partial charge in [-0.3, -0.25) is 0 Å². The van der Waals surface area contributed by atoms with E-state index >= 15 is 0 Å². The third kappa shape index (κ3) is 6.02. The highest BCUT2D eigenvalue weighted by atomic mass is 16.5. The molecule has 0 spiro atoms. The normalized spacial score (nSPS) is 10.2. The maximum absolute atomic E-state index is 11.6. The summed E-state index contributed by atoms with van der Waals surface area (Å²) < 4.78 is 5.76. The molecule has 122 valence electrons. The number of ether oxygens (including phenoxy) is 1. The molecule has 0 aliphatic carbocycles. The lowest BCUT2D eigenvalue weighted by Gasteiger charge is -2.13. The van der Waals surface area contributed by atoms with Crippen LogP contribution in [-0.2, 0) is 6.42 Å². The maximum atomic E-state index is 11.6. The summed E-state index contributed by atoms with van der Waals surface area (Å²) in [6, 6.07) is 17.8. The molecule has 0 heterocycles. The molecular formula is C19H24N2O2. The summed E-state index contributed by atoms with van der Waals surface area (Å²) in [4.78, 5) is 13.1. The minimum atomic E-state index is -0.148. The molecule has 0 saturated carbocycles. The van der Waals surface area contributed by atoms with Gasteiger partial charge in [0, 0.05) is 25.8 Å². The molecular weight excluding hydrogens is 288 g/mol. The molecule has 0 fully saturated rings. The monoisotopic (exact) mass is 312 g/mol. The minimum Gasteiger partial charge on any atom is -0.494 e. The fraction of sp³-hybridized carbons (Fsp3) is 0.316. The van der Waals surface area contributed by atoms with Gasteiger partial charge in [-0.2, -0.15) is 0 Å². The van der Waals surface area contributed by atoms with Crippen LogP contribution in [-0.4, -0.2) is 31.6 Å². The van der Waals surface area contributed by atoms with Crippen molar-refractivity contribution in [1.82, 2.24) is 4.90 Å². The number of anilines is 1. The van der Waals surface area contributed by atoms with Gasteiger partial charge in [0.1, 0.15) is 5.75 Å². The summed E-state index contributed by atoms with van der Waals surface area (Å²) in [5.41, 5.74) is 2.10. The Morgan fingerprint density at radius 2 is 1.83 bits per heavy atom. The number of rotatable bonds is 7. The van der Waals surface area contributed by atoms with Crippen molar-refractivity contribution in [2.75, 3.05) is 26.0 Å². The number of amides is 2. The summed E-state index contributed by atoms with van der Waals surface area (Å²) in [6.07, 6.45) is 3.17. The molecule has 0 aromatic heterocycles. The maximum Gasteiger partial charge on any atom is 0.321 e. The Kier molecular flexibility index (Phi) is 6.48. The molecule has 0 unspecified atom stereocenters. The lowest BCUT2D eigenvalue weighted by molar-refractivity contribution is 0.230. The second-order valence-electron chi connectivity index (χ2n) is 5.64. The van der Waals surface area contributed by atoms with E-state index in [1.807, 2.05) is 30.3 Å². The van der Waals surface area contributed by atoms with Gasteiger partial charge in [0.05, 0.1) is 6.61 Å². The van der Waals surface area contributed by atoms with E-state index in [1.54, 1.807) is 14.1 Å². The first-order chi connectivity index (χ1) is 11.1. The summed E-state index contributed by atoms with van der Waals surface area (Å²) >= 11 is 0. The van der Waals surface area contributed by atoms with Crippen LogP contribution in [0.15, 0.2) is 54.6 Å².